The van der Waals surface area contributed by atoms with Crippen LogP contribution in [0.15, 0.2) is 6.33 Å². The molecule has 1 saturated heterocycles. The maximum Gasteiger partial charge on any atom is 0.376 e. The Bertz CT molecular complexity index is 749. The highest BCUT2D eigenvalue weighted by molar-refractivity contribution is 5.90. The number of methoxy groups -OCH3 is 1. The molecule has 1 unspecified atom stereocenters. The summed E-state index contributed by atoms with van der Waals surface area (Å²) in [5.74, 6) is -1.10. The first kappa shape index (κ1) is 15.6. The van der Waals surface area contributed by atoms with E-state index in [0.717, 1.165) is 0 Å². The number of aliphatic hydroxyl groups excluding tert-OH is 3. The monoisotopic (exact) mass is 325 g/mol. The predicted octanol–water partition coefficient (Wildman–Crippen LogP) is -2.19. The van der Waals surface area contributed by atoms with Crippen LogP contribution in [0.1, 0.15) is 16.8 Å². The molecule has 2 aromatic rings. The highest BCUT2D eigenvalue weighted by atomic mass is 16.6. The van der Waals surface area contributed by atoms with E-state index >= 15 is 0 Å². The number of hydrogen-bond donors (Lipinski definition) is 4. The van der Waals surface area contributed by atoms with Crippen molar-refractivity contribution in [3.63, 3.8) is 0 Å². The van der Waals surface area contributed by atoms with E-state index in [1.807, 2.05) is 0 Å². The Morgan fingerprint density at radius 1 is 1.43 bits per heavy atom. The van der Waals surface area contributed by atoms with Gasteiger partial charge < -0.3 is 30.5 Å². The van der Waals surface area contributed by atoms with Crippen LogP contribution in [0.4, 0.5) is 5.82 Å². The van der Waals surface area contributed by atoms with Crippen LogP contribution < -0.4 is 5.73 Å². The molecular weight excluding hydrogens is 310 g/mol. The second kappa shape index (κ2) is 5.70. The Hall–Kier alpha value is -2.34. The van der Waals surface area contributed by atoms with Gasteiger partial charge in [0.15, 0.2) is 17.7 Å². The lowest BCUT2D eigenvalue weighted by Crippen LogP contribution is -2.33. The Labute approximate surface area is 129 Å². The summed E-state index contributed by atoms with van der Waals surface area (Å²) in [6.45, 7) is -0.466. The smallest absolute Gasteiger partial charge is 0.376 e. The molecule has 0 saturated carbocycles. The lowest BCUT2D eigenvalue weighted by atomic mass is 10.1. The molecule has 0 spiro atoms. The minimum absolute atomic E-state index is 0.0408. The number of fused-ring (bicyclic) bond motifs is 1. The highest BCUT2D eigenvalue weighted by Crippen LogP contribution is 2.31. The minimum atomic E-state index is -1.32. The number of carbonyl (C=O) groups excluding carboxylic acids is 1. The summed E-state index contributed by atoms with van der Waals surface area (Å²) >= 11 is 0. The summed E-state index contributed by atoms with van der Waals surface area (Å²) in [5, 5.41) is 29.1. The lowest BCUT2D eigenvalue weighted by molar-refractivity contribution is -0.0511. The number of rotatable bonds is 3. The van der Waals surface area contributed by atoms with Gasteiger partial charge in [0, 0.05) is 0 Å². The van der Waals surface area contributed by atoms with Crippen LogP contribution in [0.3, 0.4) is 0 Å². The molecule has 1 fully saturated rings. The van der Waals surface area contributed by atoms with E-state index in [9.17, 15) is 15.0 Å². The predicted molar refractivity (Wildman–Crippen MR) is 74.1 cm³/mol. The van der Waals surface area contributed by atoms with Gasteiger partial charge >= 0.3 is 5.97 Å². The Morgan fingerprint density at radius 2 is 2.17 bits per heavy atom. The van der Waals surface area contributed by atoms with Crippen molar-refractivity contribution in [2.75, 3.05) is 19.5 Å². The molecular formula is C12H15N5O6. The zero-order valence-corrected chi connectivity index (χ0v) is 12.0. The maximum atomic E-state index is 11.6. The van der Waals surface area contributed by atoms with Crippen LogP contribution in [-0.2, 0) is 9.47 Å². The van der Waals surface area contributed by atoms with Crippen molar-refractivity contribution in [2.45, 2.75) is 24.5 Å². The number of nitrogens with two attached hydrogens (primary N) is 1. The van der Waals surface area contributed by atoms with Crippen molar-refractivity contribution in [3.05, 3.63) is 12.2 Å². The molecule has 3 rings (SSSR count). The van der Waals surface area contributed by atoms with Gasteiger partial charge in [-0.1, -0.05) is 0 Å². The summed E-state index contributed by atoms with van der Waals surface area (Å²) in [6, 6.07) is 0. The van der Waals surface area contributed by atoms with Crippen LogP contribution in [0, 0.1) is 0 Å². The molecule has 5 N–H and O–H groups in total. The fourth-order valence-corrected chi connectivity index (χ4v) is 2.42. The zero-order chi connectivity index (χ0) is 16.7. The third-order valence-electron chi connectivity index (χ3n) is 3.61. The molecule has 1 aliphatic rings. The van der Waals surface area contributed by atoms with Crippen LogP contribution in [0.25, 0.3) is 11.2 Å². The largest absolute Gasteiger partial charge is 0.463 e. The minimum Gasteiger partial charge on any atom is -0.463 e. The number of aliphatic hydroxyl groups is 3. The highest BCUT2D eigenvalue weighted by Gasteiger charge is 2.44. The summed E-state index contributed by atoms with van der Waals surface area (Å²) in [6.07, 6.45) is -3.31. The number of aromatic nitrogens is 4. The summed E-state index contributed by atoms with van der Waals surface area (Å²) in [7, 11) is 1.18. The number of nitrogen functional groups attached to an aromatic ring is 1. The van der Waals surface area contributed by atoms with Crippen molar-refractivity contribution in [2.24, 2.45) is 0 Å². The zero-order valence-electron chi connectivity index (χ0n) is 12.0. The molecule has 2 aromatic heterocycles. The van der Waals surface area contributed by atoms with Crippen molar-refractivity contribution >= 4 is 23.0 Å². The van der Waals surface area contributed by atoms with E-state index in [-0.39, 0.29) is 22.8 Å². The first-order chi connectivity index (χ1) is 11.0. The third kappa shape index (κ3) is 2.39. The topological polar surface area (TPSA) is 166 Å². The van der Waals surface area contributed by atoms with Gasteiger partial charge in [-0.05, 0) is 0 Å². The van der Waals surface area contributed by atoms with Crippen molar-refractivity contribution in [1.82, 2.24) is 19.5 Å². The van der Waals surface area contributed by atoms with E-state index < -0.39 is 37.1 Å². The lowest BCUT2D eigenvalue weighted by Gasteiger charge is -2.16. The van der Waals surface area contributed by atoms with Gasteiger partial charge in [-0.3, -0.25) is 4.57 Å². The number of hydrogen-bond acceptors (Lipinski definition) is 10. The number of nitrogens with zero attached hydrogens (tertiary/aromatic N) is 4. The van der Waals surface area contributed by atoms with Gasteiger partial charge in [-0.2, -0.15) is 0 Å². The molecule has 3 heterocycles. The Morgan fingerprint density at radius 3 is 2.78 bits per heavy atom. The molecule has 1 aliphatic heterocycles. The van der Waals surface area contributed by atoms with Crippen LogP contribution >= 0.6 is 0 Å². The Kier molecular flexibility index (Phi) is 3.85. The number of ether oxygens (including phenoxy) is 2. The van der Waals surface area contributed by atoms with Crippen molar-refractivity contribution < 1.29 is 29.6 Å². The summed E-state index contributed by atoms with van der Waals surface area (Å²) in [5.41, 5.74) is 6.09. The third-order valence-corrected chi connectivity index (χ3v) is 3.61. The number of anilines is 1. The molecule has 11 heteroatoms. The Balaban J connectivity index is 2.08. The molecule has 4 atom stereocenters. The van der Waals surface area contributed by atoms with Crippen molar-refractivity contribution in [3.8, 4) is 0 Å². The van der Waals surface area contributed by atoms with Gasteiger partial charge in [0.25, 0.3) is 0 Å². The molecule has 11 nitrogen and oxygen atoms in total. The first-order valence-corrected chi connectivity index (χ1v) is 6.68. The number of imidazole rings is 1. The average molecular weight is 325 g/mol. The second-order valence-corrected chi connectivity index (χ2v) is 4.98. The second-order valence-electron chi connectivity index (χ2n) is 4.98. The fourth-order valence-electron chi connectivity index (χ4n) is 2.42. The summed E-state index contributed by atoms with van der Waals surface area (Å²) in [4.78, 5) is 23.4. The molecule has 0 aromatic carbocycles. The molecule has 0 aliphatic carbocycles. The molecule has 0 bridgehead atoms. The normalized spacial score (nSPS) is 27.5. The molecule has 0 amide bonds. The molecule has 124 valence electrons. The fraction of sp³-hybridized carbons (Fsp3) is 0.500. The van der Waals surface area contributed by atoms with Gasteiger partial charge in [-0.25, -0.2) is 19.7 Å². The van der Waals surface area contributed by atoms with Crippen LogP contribution in [0.2, 0.25) is 0 Å². The first-order valence-electron chi connectivity index (χ1n) is 6.68. The van der Waals surface area contributed by atoms with Gasteiger partial charge in [-0.15, -0.1) is 0 Å². The molecule has 0 radical (unpaired) electrons. The van der Waals surface area contributed by atoms with Crippen LogP contribution in [-0.4, -0.2) is 72.8 Å². The number of carbonyl (C=O) groups is 1. The molecule has 23 heavy (non-hydrogen) atoms. The van der Waals surface area contributed by atoms with E-state index in [1.165, 1.54) is 18.0 Å². The average Bonchev–Trinajstić information content (AvgIpc) is 3.09. The number of esters is 1. The van der Waals surface area contributed by atoms with E-state index in [0.29, 0.717) is 0 Å². The SMILES string of the molecule is COC(=O)c1nc(N)c2ncn([C@@H]3O[C@H](CO)C(O)[C@@H]3O)c2n1. The standard InChI is InChI=1S/C12H15N5O6/c1-22-12(21)9-15-8(13)5-10(16-9)17(3-14-5)11-7(20)6(19)4(2-18)23-11/h3-4,6-7,11,18-20H,2H2,1H3,(H2,13,15,16)/t4-,6?,7+,11-/m1/s1. The maximum absolute atomic E-state index is 11.6. The summed E-state index contributed by atoms with van der Waals surface area (Å²) < 4.78 is 11.3. The van der Waals surface area contributed by atoms with E-state index in [4.69, 9.17) is 15.6 Å². The van der Waals surface area contributed by atoms with Gasteiger partial charge in [0.1, 0.15) is 23.8 Å². The van der Waals surface area contributed by atoms with E-state index in [1.54, 1.807) is 0 Å². The van der Waals surface area contributed by atoms with Crippen molar-refractivity contribution in [1.29, 1.82) is 0 Å². The van der Waals surface area contributed by atoms with Crippen LogP contribution in [0.5, 0.6) is 0 Å². The van der Waals surface area contributed by atoms with Gasteiger partial charge in [0.05, 0.1) is 20.0 Å². The van der Waals surface area contributed by atoms with Gasteiger partial charge in [0.2, 0.25) is 5.82 Å². The quantitative estimate of drug-likeness (QED) is 0.455. The van der Waals surface area contributed by atoms with E-state index in [2.05, 4.69) is 19.7 Å².